The predicted molar refractivity (Wildman–Crippen MR) is 88.9 cm³/mol. The highest BCUT2D eigenvalue weighted by atomic mass is 32.2. The van der Waals surface area contributed by atoms with E-state index in [-0.39, 0.29) is 11.6 Å². The van der Waals surface area contributed by atoms with E-state index < -0.39 is 9.84 Å². The van der Waals surface area contributed by atoms with E-state index in [1.165, 1.54) is 18.2 Å². The number of rotatable bonds is 4. The Morgan fingerprint density at radius 2 is 2.00 bits per heavy atom. The van der Waals surface area contributed by atoms with Gasteiger partial charge in [-0.3, -0.25) is 0 Å². The van der Waals surface area contributed by atoms with Crippen molar-refractivity contribution in [3.05, 3.63) is 70.6 Å². The first-order valence-corrected chi connectivity index (χ1v) is 8.75. The molecule has 3 aromatic rings. The third-order valence-electron chi connectivity index (χ3n) is 3.43. The zero-order chi connectivity index (χ0) is 16.4. The molecule has 0 saturated heterocycles. The number of hydrogen-bond acceptors (Lipinski definition) is 3. The number of sulfone groups is 1. The highest BCUT2D eigenvalue weighted by molar-refractivity contribution is 7.93. The summed E-state index contributed by atoms with van der Waals surface area (Å²) in [5, 5.41) is 1.13. The first-order chi connectivity index (χ1) is 10.9. The van der Waals surface area contributed by atoms with Gasteiger partial charge >= 0.3 is 0 Å². The zero-order valence-electron chi connectivity index (χ0n) is 12.5. The van der Waals surface area contributed by atoms with Gasteiger partial charge in [0, 0.05) is 5.41 Å². The molecule has 0 bridgehead atoms. The number of halogens is 1. The SMILES string of the molecule is Cc1cc(/C=C/S(=O)(=O)Cc2nc3ccccc3[nH]2)ccc1F. The van der Waals surface area contributed by atoms with Crippen LogP contribution >= 0.6 is 0 Å². The second-order valence-electron chi connectivity index (χ2n) is 5.32. The standard InChI is InChI=1S/C17H15FN2O2S/c1-12-10-13(6-7-14(12)18)8-9-23(21,22)11-17-19-15-4-2-3-5-16(15)20-17/h2-10H,11H2,1H3,(H,19,20)/b9-8+. The Labute approximate surface area is 133 Å². The molecule has 0 aliphatic heterocycles. The van der Waals surface area contributed by atoms with E-state index in [0.717, 1.165) is 16.4 Å². The second kappa shape index (κ2) is 5.96. The Bertz CT molecular complexity index is 958. The molecule has 1 heterocycles. The van der Waals surface area contributed by atoms with Crippen LogP contribution in [0.2, 0.25) is 0 Å². The number of para-hydroxylation sites is 2. The van der Waals surface area contributed by atoms with E-state index in [1.54, 1.807) is 13.0 Å². The van der Waals surface area contributed by atoms with Gasteiger partial charge in [-0.1, -0.05) is 18.2 Å². The van der Waals surface area contributed by atoms with Crippen LogP contribution in [0.5, 0.6) is 0 Å². The Balaban J connectivity index is 1.80. The maximum absolute atomic E-state index is 13.2. The van der Waals surface area contributed by atoms with Gasteiger partial charge in [0.05, 0.1) is 11.0 Å². The molecule has 6 heteroatoms. The molecule has 2 aromatic carbocycles. The minimum Gasteiger partial charge on any atom is -0.341 e. The van der Waals surface area contributed by atoms with Crippen molar-refractivity contribution in [1.29, 1.82) is 0 Å². The number of imidazole rings is 1. The molecular weight excluding hydrogens is 315 g/mol. The van der Waals surface area contributed by atoms with E-state index >= 15 is 0 Å². The summed E-state index contributed by atoms with van der Waals surface area (Å²) in [6, 6.07) is 11.8. The number of fused-ring (bicyclic) bond motifs is 1. The molecule has 0 radical (unpaired) electrons. The number of aromatic amines is 1. The number of aromatic nitrogens is 2. The zero-order valence-corrected chi connectivity index (χ0v) is 13.3. The Morgan fingerprint density at radius 3 is 2.74 bits per heavy atom. The fourth-order valence-corrected chi connectivity index (χ4v) is 3.25. The number of aryl methyl sites for hydroxylation is 1. The molecule has 118 valence electrons. The minimum atomic E-state index is -3.47. The van der Waals surface area contributed by atoms with Crippen molar-refractivity contribution in [3.63, 3.8) is 0 Å². The minimum absolute atomic E-state index is 0.210. The number of hydrogen-bond donors (Lipinski definition) is 1. The lowest BCUT2D eigenvalue weighted by atomic mass is 10.1. The normalized spacial score (nSPS) is 12.3. The largest absolute Gasteiger partial charge is 0.341 e. The van der Waals surface area contributed by atoms with E-state index in [4.69, 9.17) is 0 Å². The van der Waals surface area contributed by atoms with Gasteiger partial charge < -0.3 is 4.98 Å². The average molecular weight is 330 g/mol. The molecule has 0 fully saturated rings. The van der Waals surface area contributed by atoms with Gasteiger partial charge in [0.25, 0.3) is 0 Å². The molecule has 0 aliphatic rings. The second-order valence-corrected chi connectivity index (χ2v) is 7.21. The number of H-pyrrole nitrogens is 1. The van der Waals surface area contributed by atoms with Crippen molar-refractivity contribution < 1.29 is 12.8 Å². The van der Waals surface area contributed by atoms with Crippen LogP contribution in [-0.2, 0) is 15.6 Å². The molecule has 0 spiro atoms. The van der Waals surface area contributed by atoms with Gasteiger partial charge in [-0.05, 0) is 48.4 Å². The van der Waals surface area contributed by atoms with Crippen molar-refractivity contribution in [1.82, 2.24) is 9.97 Å². The first-order valence-electron chi connectivity index (χ1n) is 7.03. The van der Waals surface area contributed by atoms with Crippen molar-refractivity contribution in [2.24, 2.45) is 0 Å². The highest BCUT2D eigenvalue weighted by Crippen LogP contribution is 2.15. The molecular formula is C17H15FN2O2S. The molecule has 0 saturated carbocycles. The van der Waals surface area contributed by atoms with E-state index in [2.05, 4.69) is 9.97 Å². The van der Waals surface area contributed by atoms with E-state index in [9.17, 15) is 12.8 Å². The highest BCUT2D eigenvalue weighted by Gasteiger charge is 2.11. The summed E-state index contributed by atoms with van der Waals surface area (Å²) in [5.74, 6) is -0.128. The monoisotopic (exact) mass is 330 g/mol. The lowest BCUT2D eigenvalue weighted by Gasteiger charge is -1.99. The predicted octanol–water partition coefficient (Wildman–Crippen LogP) is 3.60. The van der Waals surface area contributed by atoms with Crippen LogP contribution in [0.15, 0.2) is 47.9 Å². The van der Waals surface area contributed by atoms with Crippen LogP contribution in [0, 0.1) is 12.7 Å². The molecule has 4 nitrogen and oxygen atoms in total. The molecule has 0 atom stereocenters. The number of benzene rings is 2. The van der Waals surface area contributed by atoms with Crippen LogP contribution in [0.4, 0.5) is 4.39 Å². The topological polar surface area (TPSA) is 62.8 Å². The van der Waals surface area contributed by atoms with Crippen molar-refractivity contribution in [2.75, 3.05) is 0 Å². The van der Waals surface area contributed by atoms with Crippen molar-refractivity contribution in [3.8, 4) is 0 Å². The Kier molecular flexibility index (Phi) is 4.00. The van der Waals surface area contributed by atoms with Crippen LogP contribution in [-0.4, -0.2) is 18.4 Å². The summed E-state index contributed by atoms with van der Waals surface area (Å²) in [6.45, 7) is 1.63. The number of nitrogens with one attached hydrogen (secondary N) is 1. The van der Waals surface area contributed by atoms with Gasteiger partial charge in [-0.2, -0.15) is 0 Å². The summed E-state index contributed by atoms with van der Waals surface area (Å²) in [5.41, 5.74) is 2.64. The van der Waals surface area contributed by atoms with Gasteiger partial charge in [0.15, 0.2) is 9.84 Å². The first kappa shape index (κ1) is 15.4. The molecule has 1 N–H and O–H groups in total. The molecule has 0 aliphatic carbocycles. The van der Waals surface area contributed by atoms with Crippen LogP contribution in [0.1, 0.15) is 17.0 Å². The van der Waals surface area contributed by atoms with E-state index in [1.807, 2.05) is 24.3 Å². The van der Waals surface area contributed by atoms with E-state index in [0.29, 0.717) is 17.0 Å². The fraction of sp³-hybridized carbons (Fsp3) is 0.118. The maximum Gasteiger partial charge on any atom is 0.178 e. The van der Waals surface area contributed by atoms with Gasteiger partial charge in [0.1, 0.15) is 17.4 Å². The van der Waals surface area contributed by atoms with Gasteiger partial charge in [0.2, 0.25) is 0 Å². The average Bonchev–Trinajstić information content (AvgIpc) is 2.90. The third kappa shape index (κ3) is 3.65. The summed E-state index contributed by atoms with van der Waals surface area (Å²) in [4.78, 5) is 7.25. The number of nitrogens with zero attached hydrogens (tertiary/aromatic N) is 1. The Hall–Kier alpha value is -2.47. The van der Waals surface area contributed by atoms with Crippen LogP contribution in [0.25, 0.3) is 17.1 Å². The van der Waals surface area contributed by atoms with Crippen LogP contribution < -0.4 is 0 Å². The summed E-state index contributed by atoms with van der Waals surface area (Å²) in [7, 11) is -3.47. The summed E-state index contributed by atoms with van der Waals surface area (Å²) in [6.07, 6.45) is 1.46. The lowest BCUT2D eigenvalue weighted by Crippen LogP contribution is -2.01. The Morgan fingerprint density at radius 1 is 1.22 bits per heavy atom. The van der Waals surface area contributed by atoms with Crippen molar-refractivity contribution >= 4 is 26.9 Å². The van der Waals surface area contributed by atoms with Crippen LogP contribution in [0.3, 0.4) is 0 Å². The smallest absolute Gasteiger partial charge is 0.178 e. The van der Waals surface area contributed by atoms with Crippen molar-refractivity contribution in [2.45, 2.75) is 12.7 Å². The maximum atomic E-state index is 13.2. The fourth-order valence-electron chi connectivity index (χ4n) is 2.27. The van der Waals surface area contributed by atoms with Gasteiger partial charge in [-0.25, -0.2) is 17.8 Å². The third-order valence-corrected chi connectivity index (χ3v) is 4.65. The molecule has 23 heavy (non-hydrogen) atoms. The summed E-state index contributed by atoms with van der Waals surface area (Å²) < 4.78 is 37.6. The summed E-state index contributed by atoms with van der Waals surface area (Å²) >= 11 is 0. The lowest BCUT2D eigenvalue weighted by molar-refractivity contribution is 0.603. The molecule has 0 amide bonds. The molecule has 0 unspecified atom stereocenters. The van der Waals surface area contributed by atoms with Gasteiger partial charge in [-0.15, -0.1) is 0 Å². The quantitative estimate of drug-likeness (QED) is 0.795. The molecule has 1 aromatic heterocycles. The molecule has 3 rings (SSSR count).